The Morgan fingerprint density at radius 2 is 2.27 bits per heavy atom. The zero-order chi connectivity index (χ0) is 16.0. The largest absolute Gasteiger partial charge is 0.394 e. The zero-order valence-corrected chi connectivity index (χ0v) is 10.9. The molecule has 11 heteroatoms. The number of nitrogens with two attached hydrogens (primary N) is 1. The summed E-state index contributed by atoms with van der Waals surface area (Å²) in [5.74, 6) is -0.220. The first-order chi connectivity index (χ1) is 10.4. The van der Waals surface area contributed by atoms with E-state index in [0.717, 1.165) is 10.9 Å². The number of nitrogens with zero attached hydrogens (tertiary/aromatic N) is 3. The van der Waals surface area contributed by atoms with E-state index in [0.29, 0.717) is 0 Å². The van der Waals surface area contributed by atoms with Crippen molar-refractivity contribution in [2.24, 2.45) is 0 Å². The van der Waals surface area contributed by atoms with Gasteiger partial charge in [0.1, 0.15) is 12.2 Å². The number of imidazole rings is 1. The molecule has 2 aromatic heterocycles. The van der Waals surface area contributed by atoms with E-state index >= 15 is 0 Å². The molecule has 1 saturated heterocycles. The Labute approximate surface area is 120 Å². The minimum atomic E-state index is -2.15. The van der Waals surface area contributed by atoms with Crippen LogP contribution in [-0.2, 0) is 4.74 Å². The minimum Gasteiger partial charge on any atom is -0.394 e. The summed E-state index contributed by atoms with van der Waals surface area (Å²) in [6.45, 7) is -0.656. The van der Waals surface area contributed by atoms with Crippen molar-refractivity contribution < 1.29 is 23.7 Å². The first-order valence-electron chi connectivity index (χ1n) is 6.15. The van der Waals surface area contributed by atoms with Gasteiger partial charge in [-0.2, -0.15) is 13.8 Å². The summed E-state index contributed by atoms with van der Waals surface area (Å²) in [4.78, 5) is 21.5. The molecule has 0 bridgehead atoms. The third-order valence-corrected chi connectivity index (χ3v) is 3.34. The average Bonchev–Trinajstić information content (AvgIpc) is 2.99. The molecule has 1 fully saturated rings. The predicted octanol–water partition coefficient (Wildman–Crippen LogP) is -0.897. The minimum absolute atomic E-state index is 0.0733. The van der Waals surface area contributed by atoms with Crippen molar-refractivity contribution in [3.63, 3.8) is 0 Å². The number of nitrogen functional groups attached to an aromatic ring is 1. The first kappa shape index (κ1) is 14.6. The molecule has 22 heavy (non-hydrogen) atoms. The molecule has 0 aliphatic carbocycles. The SMILES string of the molecule is Nc1nc2c(ncn2[C@@H]2O[C@H](CO)[C@@H](O)C2=C(F)F)c(=O)[nH]1. The van der Waals surface area contributed by atoms with Crippen molar-refractivity contribution in [2.75, 3.05) is 12.3 Å². The molecule has 1 aliphatic rings. The number of anilines is 1. The van der Waals surface area contributed by atoms with Gasteiger partial charge < -0.3 is 20.7 Å². The molecule has 3 rings (SSSR count). The smallest absolute Gasteiger partial charge is 0.280 e. The molecule has 0 radical (unpaired) electrons. The zero-order valence-electron chi connectivity index (χ0n) is 10.9. The number of halogens is 2. The molecular formula is C11H11F2N5O4. The Kier molecular flexibility index (Phi) is 3.39. The number of fused-ring (bicyclic) bond motifs is 1. The quantitative estimate of drug-likeness (QED) is 0.563. The van der Waals surface area contributed by atoms with Gasteiger partial charge in [-0.25, -0.2) is 4.98 Å². The topological polar surface area (TPSA) is 139 Å². The van der Waals surface area contributed by atoms with Gasteiger partial charge in [0.05, 0.1) is 18.5 Å². The molecule has 0 spiro atoms. The second-order valence-electron chi connectivity index (χ2n) is 4.65. The fraction of sp³-hybridized carbons (Fsp3) is 0.364. The molecule has 0 saturated carbocycles. The van der Waals surface area contributed by atoms with Crippen LogP contribution in [0.25, 0.3) is 11.2 Å². The second-order valence-corrected chi connectivity index (χ2v) is 4.65. The van der Waals surface area contributed by atoms with Gasteiger partial charge in [-0.1, -0.05) is 0 Å². The molecule has 1 aliphatic heterocycles. The van der Waals surface area contributed by atoms with E-state index in [1.807, 2.05) is 0 Å². The monoisotopic (exact) mass is 315 g/mol. The maximum atomic E-state index is 13.1. The lowest BCUT2D eigenvalue weighted by molar-refractivity contribution is -0.0423. The van der Waals surface area contributed by atoms with Gasteiger partial charge in [0.15, 0.2) is 17.4 Å². The highest BCUT2D eigenvalue weighted by Gasteiger charge is 2.43. The van der Waals surface area contributed by atoms with E-state index in [-0.39, 0.29) is 17.1 Å². The van der Waals surface area contributed by atoms with Crippen molar-refractivity contribution in [3.8, 4) is 0 Å². The number of aromatic amines is 1. The summed E-state index contributed by atoms with van der Waals surface area (Å²) in [5, 5.41) is 18.9. The number of aromatic nitrogens is 4. The first-order valence-corrected chi connectivity index (χ1v) is 6.15. The highest BCUT2D eigenvalue weighted by atomic mass is 19.3. The maximum absolute atomic E-state index is 13.1. The van der Waals surface area contributed by atoms with Crippen LogP contribution in [0.2, 0.25) is 0 Å². The average molecular weight is 315 g/mol. The molecule has 5 N–H and O–H groups in total. The number of ether oxygens (including phenoxy) is 1. The molecule has 3 atom stereocenters. The lowest BCUT2D eigenvalue weighted by atomic mass is 10.1. The molecule has 3 heterocycles. The van der Waals surface area contributed by atoms with Crippen molar-refractivity contribution in [3.05, 3.63) is 28.3 Å². The van der Waals surface area contributed by atoms with Gasteiger partial charge in [-0.05, 0) is 0 Å². The van der Waals surface area contributed by atoms with Crippen LogP contribution in [-0.4, -0.2) is 48.5 Å². The van der Waals surface area contributed by atoms with E-state index < -0.39 is 42.3 Å². The number of rotatable bonds is 2. The van der Waals surface area contributed by atoms with Crippen LogP contribution in [0, 0.1) is 0 Å². The Morgan fingerprint density at radius 1 is 1.55 bits per heavy atom. The van der Waals surface area contributed by atoms with Crippen LogP contribution in [0.1, 0.15) is 6.23 Å². The summed E-state index contributed by atoms with van der Waals surface area (Å²) in [6, 6.07) is 0. The summed E-state index contributed by atoms with van der Waals surface area (Å²) in [7, 11) is 0. The van der Waals surface area contributed by atoms with E-state index in [1.54, 1.807) is 0 Å². The van der Waals surface area contributed by atoms with Crippen LogP contribution in [0.15, 0.2) is 22.8 Å². The van der Waals surface area contributed by atoms with E-state index in [9.17, 15) is 18.7 Å². The number of H-pyrrole nitrogens is 1. The van der Waals surface area contributed by atoms with E-state index in [1.165, 1.54) is 0 Å². The van der Waals surface area contributed by atoms with Gasteiger partial charge in [-0.3, -0.25) is 14.3 Å². The number of hydrogen-bond donors (Lipinski definition) is 4. The standard InChI is InChI=1S/C11H11F2N5O4/c12-7(13)4-6(20)3(1-19)22-10(4)18-2-15-5-8(18)16-11(14)17-9(5)21/h2-3,6,10,19-20H,1H2,(H3,14,16,17,21)/t3-,6-,10-/m1/s1. The fourth-order valence-electron chi connectivity index (χ4n) is 2.34. The van der Waals surface area contributed by atoms with Gasteiger partial charge in [0.2, 0.25) is 5.95 Å². The third-order valence-electron chi connectivity index (χ3n) is 3.34. The normalized spacial score (nSPS) is 25.1. The number of hydrogen-bond acceptors (Lipinski definition) is 7. The van der Waals surface area contributed by atoms with Crippen LogP contribution >= 0.6 is 0 Å². The Bertz CT molecular complexity index is 812. The molecule has 0 amide bonds. The van der Waals surface area contributed by atoms with E-state index in [4.69, 9.17) is 15.6 Å². The van der Waals surface area contributed by atoms with Crippen molar-refractivity contribution in [1.29, 1.82) is 0 Å². The lowest BCUT2D eigenvalue weighted by Crippen LogP contribution is -2.25. The van der Waals surface area contributed by atoms with Crippen molar-refractivity contribution in [2.45, 2.75) is 18.4 Å². The van der Waals surface area contributed by atoms with Gasteiger partial charge >= 0.3 is 0 Å². The van der Waals surface area contributed by atoms with Gasteiger partial charge in [0, 0.05) is 0 Å². The fourth-order valence-corrected chi connectivity index (χ4v) is 2.34. The highest BCUT2D eigenvalue weighted by Crippen LogP contribution is 2.38. The summed E-state index contributed by atoms with van der Waals surface area (Å²) in [6.07, 6.45) is -5.43. The Balaban J connectivity index is 2.19. The third kappa shape index (κ3) is 2.06. The van der Waals surface area contributed by atoms with Crippen LogP contribution in [0.4, 0.5) is 14.7 Å². The number of nitrogens with one attached hydrogen (secondary N) is 1. The molecular weight excluding hydrogens is 304 g/mol. The van der Waals surface area contributed by atoms with Crippen LogP contribution in [0.5, 0.6) is 0 Å². The summed E-state index contributed by atoms with van der Waals surface area (Å²) < 4.78 is 32.5. The Morgan fingerprint density at radius 3 is 2.91 bits per heavy atom. The lowest BCUT2D eigenvalue weighted by Gasteiger charge is -2.14. The van der Waals surface area contributed by atoms with Gasteiger partial charge in [0.25, 0.3) is 11.6 Å². The molecule has 9 nitrogen and oxygen atoms in total. The summed E-state index contributed by atoms with van der Waals surface area (Å²) in [5.41, 5.74) is 3.88. The number of aliphatic hydroxyl groups excluding tert-OH is 2. The second kappa shape index (κ2) is 5.12. The molecule has 0 unspecified atom stereocenters. The predicted molar refractivity (Wildman–Crippen MR) is 68.8 cm³/mol. The van der Waals surface area contributed by atoms with Crippen LogP contribution < -0.4 is 11.3 Å². The van der Waals surface area contributed by atoms with Crippen molar-refractivity contribution in [1.82, 2.24) is 19.5 Å². The molecule has 0 aromatic carbocycles. The Hall–Kier alpha value is -2.37. The van der Waals surface area contributed by atoms with Crippen molar-refractivity contribution >= 4 is 17.1 Å². The summed E-state index contributed by atoms with van der Waals surface area (Å²) >= 11 is 0. The number of aliphatic hydroxyl groups is 2. The van der Waals surface area contributed by atoms with Crippen LogP contribution in [0.3, 0.4) is 0 Å². The molecule has 118 valence electrons. The highest BCUT2D eigenvalue weighted by molar-refractivity contribution is 5.70. The maximum Gasteiger partial charge on any atom is 0.280 e. The van der Waals surface area contributed by atoms with E-state index in [2.05, 4.69) is 15.0 Å². The van der Waals surface area contributed by atoms with Gasteiger partial charge in [-0.15, -0.1) is 0 Å². The molecule has 2 aromatic rings.